The van der Waals surface area contributed by atoms with Crippen LogP contribution in [-0.4, -0.2) is 46.3 Å². The van der Waals surface area contributed by atoms with E-state index in [0.29, 0.717) is 29.8 Å². The molecular formula is C21H34N2O4. The van der Waals surface area contributed by atoms with Crippen LogP contribution in [0.5, 0.6) is 0 Å². The van der Waals surface area contributed by atoms with Gasteiger partial charge >= 0.3 is 5.97 Å². The van der Waals surface area contributed by atoms with Gasteiger partial charge in [-0.3, -0.25) is 9.59 Å². The van der Waals surface area contributed by atoms with Crippen LogP contribution in [0.2, 0.25) is 0 Å². The van der Waals surface area contributed by atoms with Gasteiger partial charge in [0.2, 0.25) is 5.91 Å². The zero-order valence-corrected chi connectivity index (χ0v) is 18.0. The number of aromatic nitrogens is 1. The van der Waals surface area contributed by atoms with Crippen molar-refractivity contribution in [3.05, 3.63) is 22.5 Å². The number of Topliss-reactive ketones (excluding diaryl/α,β-unsaturated/α-hetero) is 1. The summed E-state index contributed by atoms with van der Waals surface area (Å²) in [4.78, 5) is 39.6. The number of hydrogen-bond donors (Lipinski definition) is 0. The molecule has 27 heavy (non-hydrogen) atoms. The van der Waals surface area contributed by atoms with Gasteiger partial charge in [0, 0.05) is 30.3 Å². The summed E-state index contributed by atoms with van der Waals surface area (Å²) in [6, 6.07) is -0.0707. The van der Waals surface area contributed by atoms with Crippen molar-refractivity contribution < 1.29 is 19.1 Å². The fourth-order valence-electron chi connectivity index (χ4n) is 3.42. The summed E-state index contributed by atoms with van der Waals surface area (Å²) in [5.41, 5.74) is 2.30. The summed E-state index contributed by atoms with van der Waals surface area (Å²) in [5, 5.41) is 0. The van der Waals surface area contributed by atoms with Gasteiger partial charge in [0.25, 0.3) is 0 Å². The third kappa shape index (κ3) is 5.21. The quantitative estimate of drug-likeness (QED) is 0.484. The van der Waals surface area contributed by atoms with E-state index in [1.807, 2.05) is 46.1 Å². The lowest BCUT2D eigenvalue weighted by molar-refractivity contribution is -0.133. The van der Waals surface area contributed by atoms with Crippen LogP contribution in [0.1, 0.15) is 80.1 Å². The Hall–Kier alpha value is -2.11. The number of amides is 1. The van der Waals surface area contributed by atoms with Crippen molar-refractivity contribution in [1.29, 1.82) is 0 Å². The molecule has 6 heteroatoms. The number of carbonyl (C=O) groups excluding carboxylic acids is 3. The van der Waals surface area contributed by atoms with Crippen molar-refractivity contribution in [1.82, 2.24) is 9.47 Å². The third-order valence-electron chi connectivity index (χ3n) is 4.67. The van der Waals surface area contributed by atoms with Gasteiger partial charge in [0.05, 0.1) is 13.2 Å². The van der Waals surface area contributed by atoms with Gasteiger partial charge in [0.1, 0.15) is 5.69 Å². The van der Waals surface area contributed by atoms with Gasteiger partial charge in [-0.1, -0.05) is 13.8 Å². The van der Waals surface area contributed by atoms with E-state index >= 15 is 0 Å². The van der Waals surface area contributed by atoms with Crippen LogP contribution in [0, 0.1) is 19.8 Å². The van der Waals surface area contributed by atoms with Gasteiger partial charge in [0.15, 0.2) is 5.78 Å². The van der Waals surface area contributed by atoms with Crippen LogP contribution in [0.3, 0.4) is 0 Å². The molecule has 0 N–H and O–H groups in total. The summed E-state index contributed by atoms with van der Waals surface area (Å²) in [5.74, 6) is -0.359. The second-order valence-corrected chi connectivity index (χ2v) is 7.54. The number of ketones is 1. The summed E-state index contributed by atoms with van der Waals surface area (Å²) in [6.45, 7) is 15.9. The summed E-state index contributed by atoms with van der Waals surface area (Å²) in [6.07, 6.45) is 0.410. The zero-order chi connectivity index (χ0) is 20.9. The van der Waals surface area contributed by atoms with Crippen LogP contribution >= 0.6 is 0 Å². The van der Waals surface area contributed by atoms with Gasteiger partial charge in [-0.25, -0.2) is 4.79 Å². The maximum absolute atomic E-state index is 13.1. The second-order valence-electron chi connectivity index (χ2n) is 7.54. The summed E-state index contributed by atoms with van der Waals surface area (Å²) < 4.78 is 6.98. The van der Waals surface area contributed by atoms with E-state index in [0.717, 1.165) is 5.69 Å². The lowest BCUT2D eigenvalue weighted by atomic mass is 10.0. The fourth-order valence-corrected chi connectivity index (χ4v) is 3.42. The first-order valence-electron chi connectivity index (χ1n) is 9.76. The number of carbonyl (C=O) groups is 3. The molecule has 0 aliphatic carbocycles. The molecule has 0 saturated heterocycles. The smallest absolute Gasteiger partial charge is 0.355 e. The standard InChI is InChI=1S/C21H34N2O4/c1-9-22-16(8)19(15(7)20(22)21(26)27-10-2)17(24)12-23(14(5)6)18(25)11-13(3)4/h13-14H,9-12H2,1-8H3. The number of ether oxygens (including phenoxy) is 1. The Morgan fingerprint density at radius 2 is 1.67 bits per heavy atom. The largest absolute Gasteiger partial charge is 0.461 e. The normalized spacial score (nSPS) is 11.2. The predicted molar refractivity (Wildman–Crippen MR) is 106 cm³/mol. The number of rotatable bonds is 9. The van der Waals surface area contributed by atoms with E-state index < -0.39 is 5.97 Å². The third-order valence-corrected chi connectivity index (χ3v) is 4.67. The van der Waals surface area contributed by atoms with Gasteiger partial charge in [-0.05, 0) is 53.0 Å². The minimum Gasteiger partial charge on any atom is -0.461 e. The fraction of sp³-hybridized carbons (Fsp3) is 0.667. The predicted octanol–water partition coefficient (Wildman–Crippen LogP) is 3.77. The first-order valence-corrected chi connectivity index (χ1v) is 9.76. The van der Waals surface area contributed by atoms with Crippen molar-refractivity contribution in [2.45, 2.75) is 74.4 Å². The van der Waals surface area contributed by atoms with Crippen LogP contribution in [0.25, 0.3) is 0 Å². The molecule has 0 aromatic carbocycles. The van der Waals surface area contributed by atoms with E-state index in [1.54, 1.807) is 18.7 Å². The number of esters is 1. The average molecular weight is 379 g/mol. The Balaban J connectivity index is 3.26. The molecule has 0 bridgehead atoms. The van der Waals surface area contributed by atoms with Gasteiger partial charge in [-0.2, -0.15) is 0 Å². The Morgan fingerprint density at radius 1 is 1.07 bits per heavy atom. The van der Waals surface area contributed by atoms with Crippen molar-refractivity contribution >= 4 is 17.7 Å². The molecule has 152 valence electrons. The molecule has 6 nitrogen and oxygen atoms in total. The van der Waals surface area contributed by atoms with E-state index in [-0.39, 0.29) is 36.8 Å². The van der Waals surface area contributed by atoms with Crippen LogP contribution in [0.15, 0.2) is 0 Å². The highest BCUT2D eigenvalue weighted by Gasteiger charge is 2.29. The molecule has 0 fully saturated rings. The molecule has 1 amide bonds. The van der Waals surface area contributed by atoms with Crippen molar-refractivity contribution in [3.8, 4) is 0 Å². The molecule has 0 atom stereocenters. The Kier molecular flexibility index (Phi) is 8.25. The van der Waals surface area contributed by atoms with E-state index in [1.165, 1.54) is 0 Å². The molecule has 1 rings (SSSR count). The Bertz CT molecular complexity index is 702. The highest BCUT2D eigenvalue weighted by molar-refractivity contribution is 6.04. The second kappa shape index (κ2) is 9.72. The number of hydrogen-bond acceptors (Lipinski definition) is 4. The van der Waals surface area contributed by atoms with E-state index in [4.69, 9.17) is 4.74 Å². The Morgan fingerprint density at radius 3 is 2.11 bits per heavy atom. The van der Waals surface area contributed by atoms with Gasteiger partial charge < -0.3 is 14.2 Å². The maximum Gasteiger partial charge on any atom is 0.355 e. The van der Waals surface area contributed by atoms with Crippen molar-refractivity contribution in [2.24, 2.45) is 5.92 Å². The molecule has 1 heterocycles. The zero-order valence-electron chi connectivity index (χ0n) is 18.0. The molecule has 0 radical (unpaired) electrons. The maximum atomic E-state index is 13.1. The molecular weight excluding hydrogens is 344 g/mol. The molecule has 0 spiro atoms. The molecule has 0 aliphatic heterocycles. The SMILES string of the molecule is CCOC(=O)c1c(C)c(C(=O)CN(C(=O)CC(C)C)C(C)C)c(C)n1CC. The van der Waals surface area contributed by atoms with Crippen LogP contribution < -0.4 is 0 Å². The highest BCUT2D eigenvalue weighted by atomic mass is 16.5. The van der Waals surface area contributed by atoms with Gasteiger partial charge in [-0.15, -0.1) is 0 Å². The molecule has 1 aromatic rings. The van der Waals surface area contributed by atoms with Crippen molar-refractivity contribution in [3.63, 3.8) is 0 Å². The average Bonchev–Trinajstić information content (AvgIpc) is 2.81. The van der Waals surface area contributed by atoms with Crippen LogP contribution in [-0.2, 0) is 16.1 Å². The molecule has 0 aliphatic rings. The molecule has 0 saturated carbocycles. The topological polar surface area (TPSA) is 68.6 Å². The summed E-state index contributed by atoms with van der Waals surface area (Å²) >= 11 is 0. The summed E-state index contributed by atoms with van der Waals surface area (Å²) in [7, 11) is 0. The minimum atomic E-state index is -0.421. The lowest BCUT2D eigenvalue weighted by Gasteiger charge is -2.27. The first-order chi connectivity index (χ1) is 12.6. The first kappa shape index (κ1) is 22.9. The lowest BCUT2D eigenvalue weighted by Crippen LogP contribution is -2.41. The van der Waals surface area contributed by atoms with E-state index in [2.05, 4.69) is 0 Å². The monoisotopic (exact) mass is 378 g/mol. The Labute approximate surface area is 162 Å². The number of nitrogens with zero attached hydrogens (tertiary/aromatic N) is 2. The van der Waals surface area contributed by atoms with Crippen LogP contribution in [0.4, 0.5) is 0 Å². The minimum absolute atomic E-state index is 0.0148. The van der Waals surface area contributed by atoms with Crippen molar-refractivity contribution in [2.75, 3.05) is 13.2 Å². The molecule has 0 unspecified atom stereocenters. The van der Waals surface area contributed by atoms with E-state index in [9.17, 15) is 14.4 Å². The molecule has 1 aromatic heterocycles. The highest BCUT2D eigenvalue weighted by Crippen LogP contribution is 2.24.